The summed E-state index contributed by atoms with van der Waals surface area (Å²) in [5.74, 6) is -0.127. The van der Waals surface area contributed by atoms with Crippen molar-refractivity contribution in [2.24, 2.45) is 0 Å². The monoisotopic (exact) mass is 246 g/mol. The molecule has 5 nitrogen and oxygen atoms in total. The van der Waals surface area contributed by atoms with E-state index in [1.807, 2.05) is 13.8 Å². The number of sulfone groups is 1. The van der Waals surface area contributed by atoms with Crippen molar-refractivity contribution >= 4 is 15.7 Å². The number of nitrogens with one attached hydrogen (secondary N) is 2. The highest BCUT2D eigenvalue weighted by molar-refractivity contribution is 7.97. The molecule has 0 fully saturated rings. The summed E-state index contributed by atoms with van der Waals surface area (Å²) in [4.78, 5) is 10.7. The van der Waals surface area contributed by atoms with Crippen LogP contribution in [-0.4, -0.2) is 26.4 Å². The lowest BCUT2D eigenvalue weighted by Gasteiger charge is -2.25. The number of amides is 1. The van der Waals surface area contributed by atoms with Gasteiger partial charge in [0, 0.05) is 30.6 Å². The molecule has 0 radical (unpaired) electrons. The number of rotatable bonds is 6. The fourth-order valence-electron chi connectivity index (χ4n) is 0.806. The molecule has 0 aliphatic heterocycles. The minimum Gasteiger partial charge on any atom is -0.384 e. The van der Waals surface area contributed by atoms with E-state index in [4.69, 9.17) is 0 Å². The van der Waals surface area contributed by atoms with Gasteiger partial charge in [-0.2, -0.15) is 0 Å². The van der Waals surface area contributed by atoms with E-state index in [1.54, 1.807) is 0 Å². The van der Waals surface area contributed by atoms with Crippen molar-refractivity contribution < 1.29 is 13.2 Å². The van der Waals surface area contributed by atoms with Gasteiger partial charge in [0.25, 0.3) is 0 Å². The lowest BCUT2D eigenvalue weighted by atomic mass is 10.1. The Morgan fingerprint density at radius 3 is 2.44 bits per heavy atom. The van der Waals surface area contributed by atoms with Gasteiger partial charge in [-0.25, -0.2) is 8.42 Å². The largest absolute Gasteiger partial charge is 0.384 e. The summed E-state index contributed by atoms with van der Waals surface area (Å²) < 4.78 is 22.1. The van der Waals surface area contributed by atoms with Crippen molar-refractivity contribution in [1.29, 1.82) is 0 Å². The molecule has 92 valence electrons. The molecule has 0 aromatic rings. The van der Waals surface area contributed by atoms with Crippen LogP contribution < -0.4 is 10.6 Å². The van der Waals surface area contributed by atoms with E-state index in [2.05, 4.69) is 17.2 Å². The van der Waals surface area contributed by atoms with E-state index in [1.165, 1.54) is 13.1 Å². The van der Waals surface area contributed by atoms with E-state index in [0.29, 0.717) is 6.54 Å². The molecule has 0 aliphatic rings. The highest BCUT2D eigenvalue weighted by Gasteiger charge is 2.15. The summed E-state index contributed by atoms with van der Waals surface area (Å²) >= 11 is 0. The normalized spacial score (nSPS) is 12.4. The maximum Gasteiger partial charge on any atom is 0.216 e. The van der Waals surface area contributed by atoms with E-state index in [0.717, 1.165) is 10.8 Å². The summed E-state index contributed by atoms with van der Waals surface area (Å²) in [5, 5.41) is 7.42. The van der Waals surface area contributed by atoms with Gasteiger partial charge in [-0.3, -0.25) is 4.79 Å². The molecule has 0 aromatic heterocycles. The third-order valence-electron chi connectivity index (χ3n) is 1.74. The van der Waals surface area contributed by atoms with E-state index in [-0.39, 0.29) is 5.91 Å². The number of carbonyl (C=O) groups excluding carboxylic acids is 1. The van der Waals surface area contributed by atoms with Gasteiger partial charge in [0.05, 0.1) is 5.41 Å². The predicted molar refractivity (Wildman–Crippen MR) is 64.2 cm³/mol. The summed E-state index contributed by atoms with van der Waals surface area (Å²) in [7, 11) is -3.34. The Balaban J connectivity index is 4.28. The van der Waals surface area contributed by atoms with Crippen molar-refractivity contribution in [3.8, 4) is 0 Å². The first kappa shape index (κ1) is 14.7. The van der Waals surface area contributed by atoms with Crippen molar-refractivity contribution in [3.05, 3.63) is 23.6 Å². The molecule has 0 aromatic carbocycles. The molecule has 1 amide bonds. The van der Waals surface area contributed by atoms with E-state index in [9.17, 15) is 13.2 Å². The molecule has 0 saturated heterocycles. The molecule has 16 heavy (non-hydrogen) atoms. The highest BCUT2D eigenvalue weighted by Crippen LogP contribution is 2.00. The average molecular weight is 246 g/mol. The highest BCUT2D eigenvalue weighted by atomic mass is 32.2. The van der Waals surface area contributed by atoms with Crippen molar-refractivity contribution in [1.82, 2.24) is 10.6 Å². The van der Waals surface area contributed by atoms with Crippen LogP contribution in [0.3, 0.4) is 0 Å². The lowest BCUT2D eigenvalue weighted by molar-refractivity contribution is -0.119. The smallest absolute Gasteiger partial charge is 0.216 e. The van der Waals surface area contributed by atoms with Crippen LogP contribution in [0.25, 0.3) is 0 Å². The van der Waals surface area contributed by atoms with Crippen LogP contribution in [0.2, 0.25) is 0 Å². The molecule has 0 heterocycles. The molecular formula is C10H18N2O3S. The van der Waals surface area contributed by atoms with Gasteiger partial charge in [0.15, 0.2) is 9.84 Å². The van der Waals surface area contributed by atoms with Gasteiger partial charge in [0.1, 0.15) is 0 Å². The molecule has 0 atom stereocenters. The van der Waals surface area contributed by atoms with Gasteiger partial charge in [-0.05, 0) is 13.8 Å². The van der Waals surface area contributed by atoms with Crippen molar-refractivity contribution in [2.45, 2.75) is 26.3 Å². The molecule has 2 N–H and O–H groups in total. The first-order chi connectivity index (χ1) is 7.18. The molecule has 0 aliphatic carbocycles. The molecule has 6 heteroatoms. The molecule has 0 spiro atoms. The van der Waals surface area contributed by atoms with Crippen LogP contribution >= 0.6 is 0 Å². The van der Waals surface area contributed by atoms with Crippen LogP contribution in [-0.2, 0) is 14.6 Å². The lowest BCUT2D eigenvalue weighted by Crippen LogP contribution is -2.46. The molecule has 0 rings (SSSR count). The Morgan fingerprint density at radius 1 is 1.44 bits per heavy atom. The standard InChI is InChI=1S/C10H18N2O3S/c1-5-16(14,15)7-6-12-10(3,4)8-11-9(2)13/h5-7,12H,1,8H2,2-4H3,(H,11,13). The number of hydrogen-bond donors (Lipinski definition) is 2. The van der Waals surface area contributed by atoms with Gasteiger partial charge in [-0.15, -0.1) is 0 Å². The van der Waals surface area contributed by atoms with Gasteiger partial charge in [0.2, 0.25) is 5.91 Å². The Kier molecular flexibility index (Phi) is 5.23. The minimum atomic E-state index is -3.34. The maximum absolute atomic E-state index is 11.0. The summed E-state index contributed by atoms with van der Waals surface area (Å²) in [6.45, 7) is 8.69. The van der Waals surface area contributed by atoms with Gasteiger partial charge in [-0.1, -0.05) is 6.58 Å². The minimum absolute atomic E-state index is 0.127. The first-order valence-electron chi connectivity index (χ1n) is 4.75. The number of carbonyl (C=O) groups is 1. The zero-order valence-electron chi connectivity index (χ0n) is 9.78. The SMILES string of the molecule is C=CS(=O)(=O)C=CNC(C)(C)CNC(C)=O. The van der Waals surface area contributed by atoms with Crippen LogP contribution in [0.15, 0.2) is 23.6 Å². The van der Waals surface area contributed by atoms with Crippen LogP contribution in [0.1, 0.15) is 20.8 Å². The van der Waals surface area contributed by atoms with Crippen LogP contribution in [0.4, 0.5) is 0 Å². The Labute approximate surface area is 96.5 Å². The second-order valence-corrected chi connectivity index (χ2v) is 5.78. The topological polar surface area (TPSA) is 75.3 Å². The van der Waals surface area contributed by atoms with Crippen molar-refractivity contribution in [3.63, 3.8) is 0 Å². The second kappa shape index (κ2) is 5.69. The maximum atomic E-state index is 11.0. The molecule has 0 saturated carbocycles. The summed E-state index contributed by atoms with van der Waals surface area (Å²) in [6.07, 6.45) is 1.33. The van der Waals surface area contributed by atoms with E-state index >= 15 is 0 Å². The quantitative estimate of drug-likeness (QED) is 0.716. The Morgan fingerprint density at radius 2 is 2.00 bits per heavy atom. The fourth-order valence-corrected chi connectivity index (χ4v) is 1.18. The second-order valence-electron chi connectivity index (χ2n) is 4.00. The van der Waals surface area contributed by atoms with Crippen LogP contribution in [0, 0.1) is 0 Å². The van der Waals surface area contributed by atoms with Crippen molar-refractivity contribution in [2.75, 3.05) is 6.54 Å². The molecule has 0 bridgehead atoms. The zero-order chi connectivity index (χ0) is 12.8. The third kappa shape index (κ3) is 7.05. The number of hydrogen-bond acceptors (Lipinski definition) is 4. The average Bonchev–Trinajstić information content (AvgIpc) is 2.14. The zero-order valence-corrected chi connectivity index (χ0v) is 10.6. The third-order valence-corrected chi connectivity index (χ3v) is 2.72. The Hall–Kier alpha value is -1.30. The molecule has 0 unspecified atom stereocenters. The van der Waals surface area contributed by atoms with Gasteiger partial charge < -0.3 is 10.6 Å². The Bertz CT molecular complexity index is 383. The fraction of sp³-hybridized carbons (Fsp3) is 0.500. The first-order valence-corrected chi connectivity index (χ1v) is 6.36. The summed E-state index contributed by atoms with van der Waals surface area (Å²) in [6, 6.07) is 0. The summed E-state index contributed by atoms with van der Waals surface area (Å²) in [5.41, 5.74) is -0.418. The van der Waals surface area contributed by atoms with Gasteiger partial charge >= 0.3 is 0 Å². The van der Waals surface area contributed by atoms with E-state index < -0.39 is 15.4 Å². The van der Waals surface area contributed by atoms with Crippen LogP contribution in [0.5, 0.6) is 0 Å². The predicted octanol–water partition coefficient (Wildman–Crippen LogP) is 0.520. The molecular weight excluding hydrogens is 228 g/mol.